The van der Waals surface area contributed by atoms with Crippen LogP contribution in [0.1, 0.15) is 59.7 Å². The Morgan fingerprint density at radius 3 is 2.32 bits per heavy atom. The van der Waals surface area contributed by atoms with Crippen molar-refractivity contribution in [1.29, 1.82) is 0 Å². The second-order valence-electron chi connectivity index (χ2n) is 6.92. The number of hydrogen-bond donors (Lipinski definition) is 1. The van der Waals surface area contributed by atoms with Crippen LogP contribution in [0.25, 0.3) is 0 Å². The van der Waals surface area contributed by atoms with Crippen LogP contribution in [0.15, 0.2) is 54.6 Å². The first-order valence-corrected chi connectivity index (χ1v) is 10.3. The third kappa shape index (κ3) is 8.82. The molecule has 1 N–H and O–H groups in total. The molecule has 0 heterocycles. The van der Waals surface area contributed by atoms with Gasteiger partial charge in [0.1, 0.15) is 0 Å². The van der Waals surface area contributed by atoms with Crippen molar-refractivity contribution in [3.8, 4) is 0 Å². The van der Waals surface area contributed by atoms with E-state index in [9.17, 15) is 19.2 Å². The highest BCUT2D eigenvalue weighted by Crippen LogP contribution is 2.13. The summed E-state index contributed by atoms with van der Waals surface area (Å²) >= 11 is 0. The first-order chi connectivity index (χ1) is 15.0. The van der Waals surface area contributed by atoms with E-state index in [4.69, 9.17) is 9.47 Å². The first kappa shape index (κ1) is 23.8. The van der Waals surface area contributed by atoms with E-state index in [0.29, 0.717) is 23.4 Å². The molecule has 7 nitrogen and oxygen atoms in total. The molecule has 0 aliphatic rings. The summed E-state index contributed by atoms with van der Waals surface area (Å²) in [6, 6.07) is 14.9. The number of nitrogens with one attached hydrogen (secondary N) is 1. The summed E-state index contributed by atoms with van der Waals surface area (Å²) in [7, 11) is 0. The number of carbonyl (C=O) groups is 4. The van der Waals surface area contributed by atoms with Crippen molar-refractivity contribution in [2.45, 2.75) is 39.0 Å². The largest absolute Gasteiger partial charge is 0.462 e. The number of amides is 1. The summed E-state index contributed by atoms with van der Waals surface area (Å²) < 4.78 is 10.1. The molecule has 2 rings (SSSR count). The zero-order valence-corrected chi connectivity index (χ0v) is 17.6. The summed E-state index contributed by atoms with van der Waals surface area (Å²) in [5.74, 6) is -1.79. The molecule has 0 fully saturated rings. The SMILES string of the molecule is CCCCCOC(=O)c1cccc(NC(=O)CCC(=O)OCC(=O)c2ccccc2)c1. The van der Waals surface area contributed by atoms with E-state index < -0.39 is 17.8 Å². The molecule has 0 saturated carbocycles. The van der Waals surface area contributed by atoms with Crippen LogP contribution in [0.2, 0.25) is 0 Å². The number of unbranched alkanes of at least 4 members (excludes halogenated alkanes) is 2. The molecule has 2 aromatic carbocycles. The van der Waals surface area contributed by atoms with Crippen LogP contribution in [0, 0.1) is 0 Å². The number of esters is 2. The Balaban J connectivity index is 1.73. The standard InChI is InChI=1S/C24H27NO6/c1-2-3-7-15-30-24(29)19-11-8-12-20(16-19)25-22(27)13-14-23(28)31-17-21(26)18-9-5-4-6-10-18/h4-6,8-12,16H,2-3,7,13-15,17H2,1H3,(H,25,27). The number of ether oxygens (including phenoxy) is 2. The second kappa shape index (κ2) is 13.0. The molecule has 164 valence electrons. The van der Waals surface area contributed by atoms with Gasteiger partial charge in [0, 0.05) is 17.7 Å². The molecule has 0 unspecified atom stereocenters. The van der Waals surface area contributed by atoms with E-state index >= 15 is 0 Å². The van der Waals surface area contributed by atoms with Crippen molar-refractivity contribution in [3.63, 3.8) is 0 Å². The van der Waals surface area contributed by atoms with Crippen molar-refractivity contribution in [3.05, 3.63) is 65.7 Å². The van der Waals surface area contributed by atoms with Gasteiger partial charge in [-0.1, -0.05) is 56.2 Å². The Labute approximate surface area is 181 Å². The maximum Gasteiger partial charge on any atom is 0.338 e. The van der Waals surface area contributed by atoms with Crippen LogP contribution in [-0.4, -0.2) is 36.8 Å². The summed E-state index contributed by atoms with van der Waals surface area (Å²) in [5, 5.41) is 2.64. The zero-order chi connectivity index (χ0) is 22.5. The van der Waals surface area contributed by atoms with Gasteiger partial charge in [0.15, 0.2) is 12.4 Å². The van der Waals surface area contributed by atoms with E-state index in [-0.39, 0.29) is 25.2 Å². The third-order valence-electron chi connectivity index (χ3n) is 4.38. The summed E-state index contributed by atoms with van der Waals surface area (Å²) in [5.41, 5.74) is 1.23. The van der Waals surface area contributed by atoms with E-state index in [2.05, 4.69) is 12.2 Å². The zero-order valence-electron chi connectivity index (χ0n) is 17.6. The quantitative estimate of drug-likeness (QED) is 0.311. The highest BCUT2D eigenvalue weighted by molar-refractivity contribution is 5.98. The summed E-state index contributed by atoms with van der Waals surface area (Å²) in [6.45, 7) is 2.06. The van der Waals surface area contributed by atoms with E-state index in [0.717, 1.165) is 19.3 Å². The van der Waals surface area contributed by atoms with Gasteiger partial charge in [-0.15, -0.1) is 0 Å². The Kier molecular flexibility index (Phi) is 9.94. The van der Waals surface area contributed by atoms with Crippen molar-refractivity contribution in [2.75, 3.05) is 18.5 Å². The van der Waals surface area contributed by atoms with Gasteiger partial charge in [0.05, 0.1) is 18.6 Å². The number of carbonyl (C=O) groups excluding carboxylic acids is 4. The van der Waals surface area contributed by atoms with Gasteiger partial charge >= 0.3 is 11.9 Å². The average Bonchev–Trinajstić information content (AvgIpc) is 2.79. The molecule has 0 spiro atoms. The molecule has 1 amide bonds. The molecule has 0 aromatic heterocycles. The fourth-order valence-electron chi connectivity index (χ4n) is 2.69. The lowest BCUT2D eigenvalue weighted by molar-refractivity contribution is -0.143. The molecule has 0 atom stereocenters. The minimum absolute atomic E-state index is 0.107. The monoisotopic (exact) mass is 425 g/mol. The van der Waals surface area contributed by atoms with Crippen LogP contribution in [-0.2, 0) is 19.1 Å². The predicted octanol–water partition coefficient (Wildman–Crippen LogP) is 4.18. The van der Waals surface area contributed by atoms with Gasteiger partial charge in [-0.3, -0.25) is 14.4 Å². The highest BCUT2D eigenvalue weighted by atomic mass is 16.5. The van der Waals surface area contributed by atoms with Crippen molar-refractivity contribution in [2.24, 2.45) is 0 Å². The van der Waals surface area contributed by atoms with Gasteiger partial charge in [0.25, 0.3) is 0 Å². The highest BCUT2D eigenvalue weighted by Gasteiger charge is 2.13. The topological polar surface area (TPSA) is 98.8 Å². The number of ketones is 1. The van der Waals surface area contributed by atoms with Crippen molar-refractivity contribution < 1.29 is 28.7 Å². The smallest absolute Gasteiger partial charge is 0.338 e. The molecule has 0 aliphatic heterocycles. The lowest BCUT2D eigenvalue weighted by atomic mass is 10.1. The molecule has 31 heavy (non-hydrogen) atoms. The van der Waals surface area contributed by atoms with Gasteiger partial charge in [-0.2, -0.15) is 0 Å². The molecule has 0 bridgehead atoms. The average molecular weight is 425 g/mol. The second-order valence-corrected chi connectivity index (χ2v) is 6.92. The lowest BCUT2D eigenvalue weighted by Gasteiger charge is -2.08. The molecule has 0 radical (unpaired) electrons. The first-order valence-electron chi connectivity index (χ1n) is 10.3. The molecule has 2 aromatic rings. The molecule has 7 heteroatoms. The number of Topliss-reactive ketones (excluding diaryl/α,β-unsaturated/α-hetero) is 1. The molecule has 0 aliphatic carbocycles. The number of benzene rings is 2. The minimum atomic E-state index is -0.635. The summed E-state index contributed by atoms with van der Waals surface area (Å²) in [6.07, 6.45) is 2.57. The Hall–Kier alpha value is -3.48. The molecular weight excluding hydrogens is 398 g/mol. The molecular formula is C24H27NO6. The van der Waals surface area contributed by atoms with Crippen LogP contribution in [0.4, 0.5) is 5.69 Å². The Morgan fingerprint density at radius 1 is 0.839 bits per heavy atom. The van der Waals surface area contributed by atoms with Crippen molar-refractivity contribution >= 4 is 29.3 Å². The number of rotatable bonds is 12. The maximum atomic E-state index is 12.1. The normalized spacial score (nSPS) is 10.2. The van der Waals surface area contributed by atoms with Gasteiger partial charge in [-0.25, -0.2) is 4.79 Å². The van der Waals surface area contributed by atoms with Crippen molar-refractivity contribution in [1.82, 2.24) is 0 Å². The van der Waals surface area contributed by atoms with Gasteiger partial charge < -0.3 is 14.8 Å². The Morgan fingerprint density at radius 2 is 1.58 bits per heavy atom. The fourth-order valence-corrected chi connectivity index (χ4v) is 2.69. The predicted molar refractivity (Wildman–Crippen MR) is 116 cm³/mol. The maximum absolute atomic E-state index is 12.1. The third-order valence-corrected chi connectivity index (χ3v) is 4.38. The lowest BCUT2D eigenvalue weighted by Crippen LogP contribution is -2.17. The van der Waals surface area contributed by atoms with Crippen LogP contribution >= 0.6 is 0 Å². The molecule has 0 saturated heterocycles. The fraction of sp³-hybridized carbons (Fsp3) is 0.333. The number of hydrogen-bond acceptors (Lipinski definition) is 6. The summed E-state index contributed by atoms with van der Waals surface area (Å²) in [4.78, 5) is 47.9. The van der Waals surface area contributed by atoms with Crippen LogP contribution < -0.4 is 5.32 Å². The Bertz CT molecular complexity index is 894. The van der Waals surface area contributed by atoms with E-state index in [1.807, 2.05) is 0 Å². The van der Waals surface area contributed by atoms with E-state index in [1.165, 1.54) is 6.07 Å². The van der Waals surface area contributed by atoms with Gasteiger partial charge in [0.2, 0.25) is 5.91 Å². The van der Waals surface area contributed by atoms with Gasteiger partial charge in [-0.05, 0) is 24.6 Å². The van der Waals surface area contributed by atoms with Crippen LogP contribution in [0.3, 0.4) is 0 Å². The minimum Gasteiger partial charge on any atom is -0.462 e. The van der Waals surface area contributed by atoms with Crippen LogP contribution in [0.5, 0.6) is 0 Å². The number of anilines is 1. The van der Waals surface area contributed by atoms with E-state index in [1.54, 1.807) is 48.5 Å².